The van der Waals surface area contributed by atoms with Crippen LogP contribution in [0.15, 0.2) is 138 Å². The first-order valence-corrected chi connectivity index (χ1v) is 21.4. The zero-order chi connectivity index (χ0) is 43.3. The van der Waals surface area contributed by atoms with Crippen molar-refractivity contribution < 1.29 is 143 Å². The van der Waals surface area contributed by atoms with Gasteiger partial charge in [0.2, 0.25) is 0 Å². The number of aryl methyl sites for hydroxylation is 2. The van der Waals surface area contributed by atoms with Gasteiger partial charge in [-0.15, -0.1) is 10.2 Å². The van der Waals surface area contributed by atoms with E-state index in [0.717, 1.165) is 29.8 Å². The summed E-state index contributed by atoms with van der Waals surface area (Å²) in [5.74, 6) is -1.78. The first kappa shape index (κ1) is 51.8. The monoisotopic (exact) mass is 936 g/mol. The van der Waals surface area contributed by atoms with Gasteiger partial charge in [-0.25, -0.2) is 13.2 Å². The second-order valence-corrected chi connectivity index (χ2v) is 17.5. The molecule has 24 heteroatoms. The van der Waals surface area contributed by atoms with E-state index in [2.05, 4.69) is 31.1 Å². The number of hydrogen-bond donors (Lipinski definition) is 4. The molecule has 0 saturated carbocycles. The Balaban J connectivity index is 0.00000290. The van der Waals surface area contributed by atoms with Crippen molar-refractivity contribution >= 4 is 103 Å². The first-order chi connectivity index (χ1) is 28.2. The summed E-state index contributed by atoms with van der Waals surface area (Å²) < 4.78 is 104. The Labute approximate surface area is 426 Å². The molecule has 0 radical (unpaired) electrons. The summed E-state index contributed by atoms with van der Waals surface area (Å²) in [6.07, 6.45) is 0. The number of amides is 2. The fourth-order valence-electron chi connectivity index (χ4n) is 6.27. The number of benzene rings is 7. The summed E-state index contributed by atoms with van der Waals surface area (Å²) in [4.78, 5) is 10.9. The van der Waals surface area contributed by atoms with E-state index in [9.17, 15) is 53.9 Å². The van der Waals surface area contributed by atoms with E-state index in [1.54, 1.807) is 19.1 Å². The molecule has 0 aromatic heterocycles. The van der Waals surface area contributed by atoms with Crippen molar-refractivity contribution in [1.82, 2.24) is 0 Å². The molecule has 0 aliphatic heterocycles. The van der Waals surface area contributed by atoms with Crippen LogP contribution in [0.4, 0.5) is 38.9 Å². The Morgan fingerprint density at radius 3 is 1.54 bits per heavy atom. The van der Waals surface area contributed by atoms with E-state index in [0.29, 0.717) is 22.0 Å². The van der Waals surface area contributed by atoms with Crippen molar-refractivity contribution in [3.8, 4) is 11.5 Å². The van der Waals surface area contributed by atoms with Crippen LogP contribution in [0.2, 0.25) is 0 Å². The molecule has 0 fully saturated rings. The van der Waals surface area contributed by atoms with Gasteiger partial charge in [0.05, 0.1) is 27.6 Å². The number of rotatable bonds is 9. The third-order valence-corrected chi connectivity index (χ3v) is 11.7. The molecule has 63 heavy (non-hydrogen) atoms. The number of nitrogens with one attached hydrogen (secondary N) is 2. The number of anilines is 2. The van der Waals surface area contributed by atoms with Gasteiger partial charge in [-0.3, -0.25) is 9.11 Å². The molecule has 0 bridgehead atoms. The van der Waals surface area contributed by atoms with Crippen molar-refractivity contribution in [3.63, 3.8) is 0 Å². The van der Waals surface area contributed by atoms with Gasteiger partial charge >= 0.3 is 94.7 Å². The number of fused-ring (bicyclic) bond motifs is 3. The van der Waals surface area contributed by atoms with Crippen molar-refractivity contribution in [2.24, 2.45) is 20.5 Å². The topological polar surface area (TPSA) is 303 Å². The summed E-state index contributed by atoms with van der Waals surface area (Å²) in [7, 11) is -14.7. The molecule has 306 valence electrons. The van der Waals surface area contributed by atoms with Gasteiger partial charge in [0, 0.05) is 11.4 Å². The molecule has 18 nitrogen and oxygen atoms in total. The normalized spacial score (nSPS) is 12.0. The van der Waals surface area contributed by atoms with Gasteiger partial charge in [-0.05, 0) is 118 Å². The van der Waals surface area contributed by atoms with E-state index in [1.807, 2.05) is 13.0 Å². The van der Waals surface area contributed by atoms with Crippen LogP contribution in [0, 0.1) is 13.8 Å². The summed E-state index contributed by atoms with van der Waals surface area (Å²) in [6.45, 7) is 3.63. The molecule has 0 atom stereocenters. The Morgan fingerprint density at radius 2 is 1.05 bits per heavy atom. The average molecular weight is 937 g/mol. The summed E-state index contributed by atoms with van der Waals surface area (Å²) in [5.41, 5.74) is 0.970. The third-order valence-electron chi connectivity index (χ3n) is 9.09. The van der Waals surface area contributed by atoms with Crippen LogP contribution in [-0.4, -0.2) is 44.9 Å². The van der Waals surface area contributed by atoms with Gasteiger partial charge in [-0.1, -0.05) is 53.5 Å². The second-order valence-electron chi connectivity index (χ2n) is 13.3. The minimum Gasteiger partial charge on any atom is -0.871 e. The van der Waals surface area contributed by atoms with Crippen LogP contribution in [-0.2, 0) is 30.4 Å². The van der Waals surface area contributed by atoms with Gasteiger partial charge in [0.1, 0.15) is 19.9 Å². The van der Waals surface area contributed by atoms with E-state index in [1.165, 1.54) is 60.7 Å². The van der Waals surface area contributed by atoms with Gasteiger partial charge in [-0.2, -0.15) is 27.1 Å². The molecule has 0 unspecified atom stereocenters. The Bertz CT molecular complexity index is 3390. The maximum atomic E-state index is 13.5. The quantitative estimate of drug-likeness (QED) is 0.0754. The minimum atomic E-state index is -5.06. The number of azo groups is 2. The molecule has 7 rings (SSSR count). The predicted octanol–water partition coefficient (Wildman–Crippen LogP) is -1.21. The van der Waals surface area contributed by atoms with E-state index in [4.69, 9.17) is 0 Å². The molecule has 7 aromatic rings. The Kier molecular flexibility index (Phi) is 16.5. The second kappa shape index (κ2) is 20.1. The van der Waals surface area contributed by atoms with Crippen molar-refractivity contribution in [2.75, 3.05) is 10.6 Å². The molecular formula is C39H27N6Na3O12S3. The number of hydrogen-bond acceptors (Lipinski definition) is 14. The fourth-order valence-corrected chi connectivity index (χ4v) is 8.08. The Hall–Kier alpha value is -3.88. The van der Waals surface area contributed by atoms with Crippen LogP contribution in [0.3, 0.4) is 0 Å². The molecular weight excluding hydrogens is 910 g/mol. The van der Waals surface area contributed by atoms with Crippen LogP contribution >= 0.6 is 0 Å². The van der Waals surface area contributed by atoms with E-state index >= 15 is 0 Å². The van der Waals surface area contributed by atoms with Crippen LogP contribution in [0.25, 0.3) is 32.3 Å². The molecule has 0 saturated heterocycles. The minimum absolute atomic E-state index is 0. The zero-order valence-electron chi connectivity index (χ0n) is 33.8. The molecule has 0 aliphatic carbocycles. The largest absolute Gasteiger partial charge is 1.00 e. The SMILES string of the molecule is Cc1ccc(N=Nc2c(S(=O)(=O)O)cc3cc(NC(=O)Nc4ccc5c([O-])c(N=Nc6ccc7cc(S(=O)(=O)[O-])ccc7c6)c(S(=O)(=O)O)cc5c4)ccc3c2[O-])c(C)c1.[Na+].[Na+].[Na+]. The van der Waals surface area contributed by atoms with E-state index < -0.39 is 73.9 Å². The average Bonchev–Trinajstić information content (AvgIpc) is 3.16. The zero-order valence-corrected chi connectivity index (χ0v) is 42.3. The van der Waals surface area contributed by atoms with Crippen molar-refractivity contribution in [1.29, 1.82) is 0 Å². The first-order valence-electron chi connectivity index (χ1n) is 17.1. The van der Waals surface area contributed by atoms with Crippen LogP contribution in [0.5, 0.6) is 11.5 Å². The number of nitrogens with zero attached hydrogens (tertiary/aromatic N) is 4. The summed E-state index contributed by atoms with van der Waals surface area (Å²) in [6, 6.07) is 22.0. The molecule has 0 spiro atoms. The maximum Gasteiger partial charge on any atom is 1.00 e. The van der Waals surface area contributed by atoms with Gasteiger partial charge in [0.25, 0.3) is 20.2 Å². The molecule has 0 aliphatic rings. The Morgan fingerprint density at radius 1 is 0.556 bits per heavy atom. The van der Waals surface area contributed by atoms with Crippen molar-refractivity contribution in [3.05, 3.63) is 114 Å². The molecule has 4 N–H and O–H groups in total. The molecule has 7 aromatic carbocycles. The van der Waals surface area contributed by atoms with E-state index in [-0.39, 0.29) is 127 Å². The summed E-state index contributed by atoms with van der Waals surface area (Å²) >= 11 is 0. The standard InChI is InChI=1S/C39H30N6O12S3.3Na/c1-20-3-12-32(21(2)13-20)43-45-36-34(60(55,56)57)19-25-16-27(8-11-31(25)38(36)47)41-39(48)40-26-7-10-30-24(15-26)18-33(59(52,53)54)35(37(30)46)44-42-28-6-4-23-17-29(58(49,50)51)9-5-22(23)14-28;;;/h3-19,46-47H,1-2H3,(H2,40,41,48)(H,49,50,51)(H,52,53,54)(H,55,56,57);;;/q;3*+1/p-3. The van der Waals surface area contributed by atoms with Crippen LogP contribution < -0.4 is 110 Å². The number of carbonyl (C=O) groups excluding carboxylic acids is 1. The van der Waals surface area contributed by atoms with Gasteiger partial charge < -0.3 is 25.4 Å². The number of carbonyl (C=O) groups is 1. The van der Waals surface area contributed by atoms with Crippen LogP contribution in [0.1, 0.15) is 11.1 Å². The maximum absolute atomic E-state index is 13.5. The fraction of sp³-hybridized carbons (Fsp3) is 0.0513. The van der Waals surface area contributed by atoms with Crippen molar-refractivity contribution in [2.45, 2.75) is 28.5 Å². The molecule has 0 heterocycles. The number of urea groups is 1. The van der Waals surface area contributed by atoms with Gasteiger partial charge in [0.15, 0.2) is 0 Å². The third kappa shape index (κ3) is 11.7. The summed E-state index contributed by atoms with van der Waals surface area (Å²) in [5, 5.41) is 48.4. The smallest absolute Gasteiger partial charge is 0.871 e. The molecule has 2 amide bonds. The predicted molar refractivity (Wildman–Crippen MR) is 215 cm³/mol.